The molecule has 1 rings (SSSR count). The first-order valence-corrected chi connectivity index (χ1v) is 4.54. The number of rotatable bonds is 2. The van der Waals surface area contributed by atoms with Gasteiger partial charge in [-0.05, 0) is 28.9 Å². The maximum absolute atomic E-state index is 13.5. The monoisotopic (exact) mass is 262 g/mol. The topological polar surface area (TPSA) is 46.5 Å². The highest BCUT2D eigenvalue weighted by Gasteiger charge is 2.20. The predicted molar refractivity (Wildman–Crippen MR) is 52.3 cm³/mol. The van der Waals surface area contributed by atoms with Crippen molar-refractivity contribution in [2.45, 2.75) is 6.92 Å². The third-order valence-electron chi connectivity index (χ3n) is 1.71. The molecule has 0 aliphatic rings. The molecule has 0 bridgehead atoms. The third kappa shape index (κ3) is 1.72. The zero-order valence-corrected chi connectivity index (χ0v) is 9.18. The van der Waals surface area contributed by atoms with Crippen LogP contribution < -0.4 is 4.74 Å². The highest BCUT2D eigenvalue weighted by molar-refractivity contribution is 9.10. The predicted octanol–water partition coefficient (Wildman–Crippen LogP) is 2.51. The van der Waals surface area contributed by atoms with Gasteiger partial charge in [-0.1, -0.05) is 0 Å². The summed E-state index contributed by atoms with van der Waals surface area (Å²) < 4.78 is 18.3. The number of carbonyl (C=O) groups excluding carboxylic acids is 1. The van der Waals surface area contributed by atoms with Gasteiger partial charge in [-0.2, -0.15) is 0 Å². The number of carbonyl (C=O) groups is 1. The summed E-state index contributed by atoms with van der Waals surface area (Å²) in [6, 6.07) is 1.22. The second kappa shape index (κ2) is 3.96. The summed E-state index contributed by atoms with van der Waals surface area (Å²) >= 11 is 2.99. The Balaban J connectivity index is 3.52. The summed E-state index contributed by atoms with van der Waals surface area (Å²) in [6.45, 7) is 1.24. The van der Waals surface area contributed by atoms with Gasteiger partial charge in [-0.25, -0.2) is 4.39 Å². The van der Waals surface area contributed by atoms with Crippen LogP contribution in [0.1, 0.15) is 17.3 Å². The Bertz CT molecular complexity index is 390. The van der Waals surface area contributed by atoms with Gasteiger partial charge in [0.15, 0.2) is 23.1 Å². The largest absolute Gasteiger partial charge is 0.504 e. The van der Waals surface area contributed by atoms with Crippen LogP contribution >= 0.6 is 15.9 Å². The van der Waals surface area contributed by atoms with E-state index in [0.717, 1.165) is 0 Å². The first-order chi connectivity index (χ1) is 6.49. The van der Waals surface area contributed by atoms with Crippen LogP contribution in [0.25, 0.3) is 0 Å². The molecule has 76 valence electrons. The van der Waals surface area contributed by atoms with E-state index in [2.05, 4.69) is 20.7 Å². The van der Waals surface area contributed by atoms with Crippen LogP contribution in [0.2, 0.25) is 0 Å². The van der Waals surface area contributed by atoms with Crippen molar-refractivity contribution in [1.29, 1.82) is 0 Å². The van der Waals surface area contributed by atoms with Crippen LogP contribution in [0.15, 0.2) is 10.5 Å². The summed E-state index contributed by atoms with van der Waals surface area (Å²) in [6.07, 6.45) is 0. The SMILES string of the molecule is COc1c(O)cc(Br)c(C(C)=O)c1F. The van der Waals surface area contributed by atoms with Crippen molar-refractivity contribution in [3.05, 3.63) is 21.9 Å². The number of methoxy groups -OCH3 is 1. The van der Waals surface area contributed by atoms with Crippen LogP contribution in [0.4, 0.5) is 4.39 Å². The van der Waals surface area contributed by atoms with E-state index in [-0.39, 0.29) is 21.5 Å². The molecule has 1 N–H and O–H groups in total. The minimum absolute atomic E-state index is 0.125. The van der Waals surface area contributed by atoms with Gasteiger partial charge in [0.05, 0.1) is 12.7 Å². The molecule has 14 heavy (non-hydrogen) atoms. The number of hydrogen-bond acceptors (Lipinski definition) is 3. The fraction of sp³-hybridized carbons (Fsp3) is 0.222. The van der Waals surface area contributed by atoms with Crippen molar-refractivity contribution in [1.82, 2.24) is 0 Å². The van der Waals surface area contributed by atoms with Gasteiger partial charge in [0, 0.05) is 4.47 Å². The van der Waals surface area contributed by atoms with Gasteiger partial charge in [-0.15, -0.1) is 0 Å². The molecule has 0 aliphatic heterocycles. The van der Waals surface area contributed by atoms with E-state index in [4.69, 9.17) is 0 Å². The summed E-state index contributed by atoms with van der Waals surface area (Å²) in [5, 5.41) is 9.27. The zero-order valence-electron chi connectivity index (χ0n) is 7.60. The van der Waals surface area contributed by atoms with E-state index in [1.54, 1.807) is 0 Å². The smallest absolute Gasteiger partial charge is 0.197 e. The fourth-order valence-electron chi connectivity index (χ4n) is 1.11. The quantitative estimate of drug-likeness (QED) is 0.834. The highest BCUT2D eigenvalue weighted by atomic mass is 79.9. The average Bonchev–Trinajstić information content (AvgIpc) is 2.02. The van der Waals surface area contributed by atoms with E-state index in [0.29, 0.717) is 0 Å². The van der Waals surface area contributed by atoms with Gasteiger partial charge in [0.25, 0.3) is 0 Å². The molecule has 0 unspecified atom stereocenters. The molecule has 0 fully saturated rings. The number of phenolic OH excluding ortho intramolecular Hbond substituents is 1. The summed E-state index contributed by atoms with van der Waals surface area (Å²) in [7, 11) is 1.22. The van der Waals surface area contributed by atoms with Crippen molar-refractivity contribution in [2.75, 3.05) is 7.11 Å². The Hall–Kier alpha value is -1.10. The van der Waals surface area contributed by atoms with Crippen molar-refractivity contribution in [3.8, 4) is 11.5 Å². The third-order valence-corrected chi connectivity index (χ3v) is 2.34. The summed E-state index contributed by atoms with van der Waals surface area (Å²) in [5.74, 6) is -1.96. The van der Waals surface area contributed by atoms with E-state index in [1.165, 1.54) is 20.1 Å². The maximum atomic E-state index is 13.5. The molecule has 5 heteroatoms. The van der Waals surface area contributed by atoms with Gasteiger partial charge in [-0.3, -0.25) is 4.79 Å². The Labute approximate surface area is 88.6 Å². The highest BCUT2D eigenvalue weighted by Crippen LogP contribution is 2.36. The number of aromatic hydroxyl groups is 1. The molecule has 1 aromatic rings. The van der Waals surface area contributed by atoms with Crippen molar-refractivity contribution >= 4 is 21.7 Å². The standard InChI is InChI=1S/C9H8BrFO3/c1-4(12)7-5(10)3-6(13)9(14-2)8(7)11/h3,13H,1-2H3. The Kier molecular flexibility index (Phi) is 3.10. The molecule has 0 radical (unpaired) electrons. The second-order valence-corrected chi connectivity index (χ2v) is 3.51. The van der Waals surface area contributed by atoms with E-state index in [1.807, 2.05) is 0 Å². The van der Waals surface area contributed by atoms with Gasteiger partial charge < -0.3 is 9.84 Å². The molecule has 0 aromatic heterocycles. The first kappa shape index (κ1) is 11.0. The number of hydrogen-bond donors (Lipinski definition) is 1. The van der Waals surface area contributed by atoms with E-state index in [9.17, 15) is 14.3 Å². The lowest BCUT2D eigenvalue weighted by Gasteiger charge is -2.09. The van der Waals surface area contributed by atoms with Crippen LogP contribution in [0.5, 0.6) is 11.5 Å². The molecule has 3 nitrogen and oxygen atoms in total. The minimum atomic E-state index is -0.855. The summed E-state index contributed by atoms with van der Waals surface area (Å²) in [5.41, 5.74) is -0.125. The van der Waals surface area contributed by atoms with Crippen molar-refractivity contribution < 1.29 is 19.0 Å². The van der Waals surface area contributed by atoms with Crippen molar-refractivity contribution in [3.63, 3.8) is 0 Å². The molecular weight excluding hydrogens is 255 g/mol. The van der Waals surface area contributed by atoms with Crippen LogP contribution in [-0.2, 0) is 0 Å². The molecule has 0 heterocycles. The number of halogens is 2. The number of Topliss-reactive ketones (excluding diaryl/α,β-unsaturated/α-hetero) is 1. The number of ether oxygens (including phenoxy) is 1. The maximum Gasteiger partial charge on any atom is 0.197 e. The Morgan fingerprint density at radius 1 is 1.64 bits per heavy atom. The molecule has 0 amide bonds. The molecule has 0 spiro atoms. The van der Waals surface area contributed by atoms with Crippen LogP contribution in [0.3, 0.4) is 0 Å². The molecular formula is C9H8BrFO3. The lowest BCUT2D eigenvalue weighted by atomic mass is 10.1. The second-order valence-electron chi connectivity index (χ2n) is 2.66. The zero-order chi connectivity index (χ0) is 10.9. The van der Waals surface area contributed by atoms with Crippen LogP contribution in [0, 0.1) is 5.82 Å². The molecule has 0 atom stereocenters. The normalized spacial score (nSPS) is 10.0. The van der Waals surface area contributed by atoms with Gasteiger partial charge in [0.2, 0.25) is 0 Å². The van der Waals surface area contributed by atoms with Crippen LogP contribution in [-0.4, -0.2) is 18.0 Å². The summed E-state index contributed by atoms with van der Waals surface area (Å²) in [4.78, 5) is 11.1. The van der Waals surface area contributed by atoms with Gasteiger partial charge in [0.1, 0.15) is 0 Å². The molecule has 0 saturated carbocycles. The Morgan fingerprint density at radius 3 is 2.64 bits per heavy atom. The van der Waals surface area contributed by atoms with Crippen molar-refractivity contribution in [2.24, 2.45) is 0 Å². The number of phenols is 1. The minimum Gasteiger partial charge on any atom is -0.504 e. The lowest BCUT2D eigenvalue weighted by molar-refractivity contribution is 0.101. The number of ketones is 1. The first-order valence-electron chi connectivity index (χ1n) is 3.75. The average molecular weight is 263 g/mol. The fourth-order valence-corrected chi connectivity index (χ4v) is 1.78. The molecule has 0 saturated heterocycles. The van der Waals surface area contributed by atoms with Gasteiger partial charge >= 0.3 is 0 Å². The lowest BCUT2D eigenvalue weighted by Crippen LogP contribution is -2.01. The molecule has 1 aromatic carbocycles. The number of benzene rings is 1. The van der Waals surface area contributed by atoms with E-state index < -0.39 is 11.6 Å². The Morgan fingerprint density at radius 2 is 2.21 bits per heavy atom. The van der Waals surface area contributed by atoms with E-state index >= 15 is 0 Å². The molecule has 0 aliphatic carbocycles.